The molecule has 0 aliphatic carbocycles. The van der Waals surface area contributed by atoms with Crippen molar-refractivity contribution in [2.75, 3.05) is 0 Å². The fourth-order valence-electron chi connectivity index (χ4n) is 0.175. The van der Waals surface area contributed by atoms with Crippen LogP contribution in [0, 0.1) is 0 Å². The summed E-state index contributed by atoms with van der Waals surface area (Å²) in [6, 6.07) is 0. The van der Waals surface area contributed by atoms with E-state index in [9.17, 15) is 9.59 Å². The van der Waals surface area contributed by atoms with Crippen LogP contribution in [0.25, 0.3) is 0 Å². The van der Waals surface area contributed by atoms with Crippen LogP contribution in [0.3, 0.4) is 0 Å². The Morgan fingerprint density at radius 2 is 1.23 bits per heavy atom. The molecule has 13 heavy (non-hydrogen) atoms. The second-order valence-electron chi connectivity index (χ2n) is 1.87. The lowest BCUT2D eigenvalue weighted by molar-refractivity contribution is -0.133. The van der Waals surface area contributed by atoms with Gasteiger partial charge in [0.2, 0.25) is 0 Å². The van der Waals surface area contributed by atoms with Crippen molar-refractivity contribution in [2.45, 2.75) is 33.7 Å². The van der Waals surface area contributed by atoms with Crippen LogP contribution in [0.1, 0.15) is 21.3 Å². The number of hydrogen-bond acceptors (Lipinski definition) is 6. The zero-order chi connectivity index (χ0) is 9.98. The Labute approximate surface area is 78.2 Å². The first-order chi connectivity index (χ1) is 5.54. The number of hydrogen-bond donors (Lipinski definition) is 2. The fraction of sp³-hybridized carbons (Fsp3) is 0.714. The van der Waals surface area contributed by atoms with Gasteiger partial charge >= 0.3 is 0 Å². The van der Waals surface area contributed by atoms with Gasteiger partial charge in [0.15, 0.2) is 0 Å². The van der Waals surface area contributed by atoms with Crippen molar-refractivity contribution < 1.29 is 19.1 Å². The van der Waals surface area contributed by atoms with Gasteiger partial charge in [0.1, 0.15) is 12.5 Å². The number of carbonyl (C=O) groups excluding carboxylic acids is 2. The van der Waals surface area contributed by atoms with Gasteiger partial charge in [-0.05, 0) is 13.8 Å². The topological polar surface area (TPSA) is 105 Å². The average Bonchev–Trinajstić information content (AvgIpc) is 1.87. The molecule has 0 saturated heterocycles. The molecule has 0 amide bonds. The van der Waals surface area contributed by atoms with Crippen LogP contribution >= 0.6 is 0 Å². The highest BCUT2D eigenvalue weighted by atomic mass is 16.5. The third kappa shape index (κ3) is 36.1. The fourth-order valence-corrected chi connectivity index (χ4v) is 0.175. The maximum atomic E-state index is 9.31. The predicted octanol–water partition coefficient (Wildman–Crippen LogP) is -0.436. The Morgan fingerprint density at radius 1 is 1.00 bits per heavy atom. The number of carbonyl (C=O) groups is 2. The summed E-state index contributed by atoms with van der Waals surface area (Å²) < 4.78 is 8.28. The van der Waals surface area contributed by atoms with Gasteiger partial charge in [-0.25, -0.2) is 0 Å². The van der Waals surface area contributed by atoms with Crippen molar-refractivity contribution >= 4 is 12.9 Å². The maximum absolute atomic E-state index is 9.31. The van der Waals surface area contributed by atoms with Crippen molar-refractivity contribution in [1.82, 2.24) is 0 Å². The summed E-state index contributed by atoms with van der Waals surface area (Å²) in [5, 5.41) is 0. The van der Waals surface area contributed by atoms with E-state index < -0.39 is 12.5 Å². The number of rotatable bonds is 4. The Morgan fingerprint density at radius 3 is 1.23 bits per heavy atom. The van der Waals surface area contributed by atoms with Crippen molar-refractivity contribution in [1.29, 1.82) is 0 Å². The van der Waals surface area contributed by atoms with E-state index in [1.54, 1.807) is 13.8 Å². The normalized spacial score (nSPS) is 12.0. The Hall–Kier alpha value is -1.14. The quantitative estimate of drug-likeness (QED) is 0.464. The SMILES string of the molecule is C.C[C@@H](N)OC=O.C[C@H](N)OC=O. The molecule has 0 aromatic heterocycles. The smallest absolute Gasteiger partial charge is 0.294 e. The highest BCUT2D eigenvalue weighted by molar-refractivity contribution is 5.37. The summed E-state index contributed by atoms with van der Waals surface area (Å²) in [5.41, 5.74) is 9.90. The summed E-state index contributed by atoms with van der Waals surface area (Å²) in [7, 11) is 0. The molecular formula is C7H18N2O4. The first kappa shape index (κ1) is 17.8. The molecule has 6 nitrogen and oxygen atoms in total. The van der Waals surface area contributed by atoms with Crippen molar-refractivity contribution in [2.24, 2.45) is 11.5 Å². The van der Waals surface area contributed by atoms with Crippen LogP contribution < -0.4 is 11.5 Å². The molecule has 0 radical (unpaired) electrons. The first-order valence-corrected chi connectivity index (χ1v) is 3.24. The summed E-state index contributed by atoms with van der Waals surface area (Å²) in [5.74, 6) is 0. The largest absolute Gasteiger partial charge is 0.449 e. The molecule has 0 rings (SSSR count). The zero-order valence-corrected chi connectivity index (χ0v) is 7.10. The lowest BCUT2D eigenvalue weighted by Gasteiger charge is -1.96. The molecule has 0 aromatic carbocycles. The van der Waals surface area contributed by atoms with Crippen molar-refractivity contribution in [3.05, 3.63) is 0 Å². The highest BCUT2D eigenvalue weighted by Gasteiger charge is 1.83. The van der Waals surface area contributed by atoms with E-state index in [-0.39, 0.29) is 7.43 Å². The van der Waals surface area contributed by atoms with Gasteiger partial charge in [0, 0.05) is 0 Å². The van der Waals surface area contributed by atoms with Crippen molar-refractivity contribution in [3.63, 3.8) is 0 Å². The van der Waals surface area contributed by atoms with Gasteiger partial charge in [-0.3, -0.25) is 21.1 Å². The molecular weight excluding hydrogens is 176 g/mol. The minimum absolute atomic E-state index is 0. The Bertz CT molecular complexity index is 103. The summed E-state index contributed by atoms with van der Waals surface area (Å²) >= 11 is 0. The molecule has 0 spiro atoms. The Kier molecular flexibility index (Phi) is 18.4. The van der Waals surface area contributed by atoms with E-state index >= 15 is 0 Å². The Balaban J connectivity index is -0.000000143. The molecule has 0 bridgehead atoms. The molecule has 0 aromatic rings. The van der Waals surface area contributed by atoms with E-state index in [2.05, 4.69) is 9.47 Å². The van der Waals surface area contributed by atoms with E-state index in [0.29, 0.717) is 12.9 Å². The van der Waals surface area contributed by atoms with Gasteiger partial charge < -0.3 is 9.47 Å². The van der Waals surface area contributed by atoms with Crippen LogP contribution in [-0.4, -0.2) is 25.4 Å². The van der Waals surface area contributed by atoms with Crippen molar-refractivity contribution in [3.8, 4) is 0 Å². The second-order valence-corrected chi connectivity index (χ2v) is 1.87. The van der Waals surface area contributed by atoms with E-state index in [0.717, 1.165) is 0 Å². The van der Waals surface area contributed by atoms with Gasteiger partial charge in [-0.15, -0.1) is 0 Å². The number of ether oxygens (including phenoxy) is 2. The van der Waals surface area contributed by atoms with Crippen LogP contribution in [0.5, 0.6) is 0 Å². The third-order valence-electron chi connectivity index (χ3n) is 0.540. The first-order valence-electron chi connectivity index (χ1n) is 3.24. The summed E-state index contributed by atoms with van der Waals surface area (Å²) in [6.45, 7) is 3.80. The maximum Gasteiger partial charge on any atom is 0.294 e. The predicted molar refractivity (Wildman–Crippen MR) is 48.3 cm³/mol. The van der Waals surface area contributed by atoms with E-state index in [1.807, 2.05) is 0 Å². The molecule has 0 unspecified atom stereocenters. The molecule has 2 atom stereocenters. The lowest BCUT2D eigenvalue weighted by Crippen LogP contribution is -2.17. The molecule has 6 heteroatoms. The zero-order valence-electron chi connectivity index (χ0n) is 7.10. The molecule has 0 aliphatic heterocycles. The third-order valence-corrected chi connectivity index (χ3v) is 0.540. The minimum atomic E-state index is -0.470. The molecule has 0 saturated carbocycles. The van der Waals surface area contributed by atoms with Gasteiger partial charge in [0.25, 0.3) is 12.9 Å². The summed E-state index contributed by atoms with van der Waals surface area (Å²) in [6.07, 6.45) is -0.940. The molecule has 80 valence electrons. The van der Waals surface area contributed by atoms with Crippen LogP contribution in [-0.2, 0) is 19.1 Å². The molecule has 0 aliphatic rings. The highest BCUT2D eigenvalue weighted by Crippen LogP contribution is 1.69. The molecule has 0 heterocycles. The van der Waals surface area contributed by atoms with Gasteiger partial charge in [0.05, 0.1) is 0 Å². The summed E-state index contributed by atoms with van der Waals surface area (Å²) in [4.78, 5) is 18.6. The monoisotopic (exact) mass is 194 g/mol. The van der Waals surface area contributed by atoms with E-state index in [4.69, 9.17) is 11.5 Å². The van der Waals surface area contributed by atoms with Gasteiger partial charge in [-0.1, -0.05) is 7.43 Å². The minimum Gasteiger partial charge on any atom is -0.449 e. The average molecular weight is 194 g/mol. The number of nitrogens with two attached hydrogens (primary N) is 2. The van der Waals surface area contributed by atoms with Gasteiger partial charge in [-0.2, -0.15) is 0 Å². The van der Waals surface area contributed by atoms with Crippen LogP contribution in [0.2, 0.25) is 0 Å². The second kappa shape index (κ2) is 13.4. The lowest BCUT2D eigenvalue weighted by atomic mass is 10.7. The van der Waals surface area contributed by atoms with Crippen LogP contribution in [0.4, 0.5) is 0 Å². The standard InChI is InChI=1S/2C3H7NO2.CH4/c2*1-3(4)6-2-5;/h2*2-3H,4H2,1H3;1H4/t2*3-;/m10./s1. The molecule has 0 fully saturated rings. The molecule has 4 N–H and O–H groups in total. The van der Waals surface area contributed by atoms with E-state index in [1.165, 1.54) is 0 Å². The van der Waals surface area contributed by atoms with Crippen LogP contribution in [0.15, 0.2) is 0 Å².